The molecule has 0 spiro atoms. The number of carboxylic acid groups (broad SMARTS) is 4. The first-order valence-electron chi connectivity index (χ1n) is 22.4. The van der Waals surface area contributed by atoms with Gasteiger partial charge in [-0.05, 0) is 61.3 Å². The van der Waals surface area contributed by atoms with Gasteiger partial charge in [-0.25, -0.2) is 4.79 Å². The number of rotatable bonds is 30. The fourth-order valence-electron chi connectivity index (χ4n) is 6.73. The Kier molecular flexibility index (Phi) is 23.9. The topological polar surface area (TPSA) is 405 Å². The molecule has 0 bridgehead atoms. The highest BCUT2D eigenvalue weighted by atomic mass is 16.4. The van der Waals surface area contributed by atoms with Crippen molar-refractivity contribution in [2.45, 2.75) is 134 Å². The second kappa shape index (κ2) is 28.6. The highest BCUT2D eigenvalue weighted by Gasteiger charge is 2.35. The molecule has 2 aromatic rings. The Labute approximate surface area is 403 Å². The maximum Gasteiger partial charge on any atom is 0.326 e. The first-order chi connectivity index (χ1) is 32.8. The minimum absolute atomic E-state index is 0.0152. The molecule has 8 atom stereocenters. The van der Waals surface area contributed by atoms with Gasteiger partial charge in [0.15, 0.2) is 0 Å². The van der Waals surface area contributed by atoms with Crippen LogP contribution in [0.1, 0.15) is 84.3 Å². The minimum Gasteiger partial charge on any atom is -0.481 e. The van der Waals surface area contributed by atoms with Crippen LogP contribution >= 0.6 is 0 Å². The second-order valence-electron chi connectivity index (χ2n) is 17.4. The first kappa shape index (κ1) is 58.5. The minimum atomic E-state index is -1.89. The van der Waals surface area contributed by atoms with Gasteiger partial charge in [0.1, 0.15) is 42.3 Å². The van der Waals surface area contributed by atoms with E-state index in [9.17, 15) is 68.1 Å². The fourth-order valence-corrected chi connectivity index (χ4v) is 6.73. The molecule has 0 saturated carbocycles. The van der Waals surface area contributed by atoms with E-state index in [1.807, 2.05) is 0 Å². The molecule has 2 rings (SSSR count). The summed E-state index contributed by atoms with van der Waals surface area (Å²) in [4.78, 5) is 141. The van der Waals surface area contributed by atoms with Gasteiger partial charge in [-0.3, -0.25) is 47.9 Å². The third-order valence-corrected chi connectivity index (χ3v) is 10.6. The van der Waals surface area contributed by atoms with Gasteiger partial charge in [0.05, 0.1) is 12.5 Å². The van der Waals surface area contributed by atoms with E-state index in [1.54, 1.807) is 70.2 Å². The van der Waals surface area contributed by atoms with E-state index >= 15 is 0 Å². The van der Waals surface area contributed by atoms with Crippen LogP contribution in [0.15, 0.2) is 54.6 Å². The summed E-state index contributed by atoms with van der Waals surface area (Å²) in [5.41, 5.74) is 13.1. The summed E-state index contributed by atoms with van der Waals surface area (Å²) < 4.78 is 0. The van der Waals surface area contributed by atoms with Crippen molar-refractivity contribution in [3.05, 3.63) is 65.7 Å². The standard InChI is InChI=1S/C46H65N9O15/c1-23(2)19-31(53-45(68)38(24(3)4)55-40(63)29(48)15-17-35(56)57)43(66)51-32(20-27-11-13-28(47)14-12-27)44(67)52-33(22-37(60)61)42(65)49-25(5)39(62)50-30(16-18-36(58)59)41(64)54-34(46(69)70)21-26-9-7-6-8-10-26/h6-14,23-25,29-34,38H,15-22,47-48H2,1-5H3,(H,49,65)(H,50,62)(H,51,66)(H,52,67)(H,53,68)(H,54,64)(H,55,63)(H,56,57)(H,58,59)(H,60,61)(H,69,70)/t25-,29-,30-,31-,32-,33-,34-,38-/m0/s1. The summed E-state index contributed by atoms with van der Waals surface area (Å²) in [7, 11) is 0. The van der Waals surface area contributed by atoms with Crippen LogP contribution in [0, 0.1) is 11.8 Å². The summed E-state index contributed by atoms with van der Waals surface area (Å²) in [5, 5.41) is 54.7. The van der Waals surface area contributed by atoms with E-state index in [1.165, 1.54) is 12.1 Å². The Balaban J connectivity index is 2.36. The van der Waals surface area contributed by atoms with Gasteiger partial charge in [0.2, 0.25) is 41.4 Å². The highest BCUT2D eigenvalue weighted by molar-refractivity contribution is 5.98. The van der Waals surface area contributed by atoms with Crippen LogP contribution in [0.2, 0.25) is 0 Å². The maximum atomic E-state index is 14.1. The Morgan fingerprint density at radius 1 is 0.486 bits per heavy atom. The van der Waals surface area contributed by atoms with Crippen LogP contribution in [-0.2, 0) is 65.6 Å². The molecule has 384 valence electrons. The SMILES string of the molecule is CC(C)C[C@H](NC(=O)[C@@H](NC(=O)[C@@H](N)CCC(=O)O)C(C)C)C(=O)N[C@@H](Cc1ccc(N)cc1)C(=O)N[C@@H](CC(=O)O)C(=O)N[C@@H](C)C(=O)N[C@@H](CCC(=O)O)C(=O)N[C@@H](Cc1ccccc1)C(=O)O. The summed E-state index contributed by atoms with van der Waals surface area (Å²) in [6.07, 6.45) is -3.17. The predicted molar refractivity (Wildman–Crippen MR) is 250 cm³/mol. The van der Waals surface area contributed by atoms with Gasteiger partial charge in [0, 0.05) is 31.4 Å². The molecule has 0 aliphatic carbocycles. The number of nitrogens with two attached hydrogens (primary N) is 2. The summed E-state index contributed by atoms with van der Waals surface area (Å²) in [6.45, 7) is 7.86. The molecule has 0 fully saturated rings. The van der Waals surface area contributed by atoms with Crippen LogP contribution < -0.4 is 48.7 Å². The number of nitrogen functional groups attached to an aromatic ring is 1. The van der Waals surface area contributed by atoms with E-state index in [0.29, 0.717) is 16.8 Å². The molecule has 70 heavy (non-hydrogen) atoms. The lowest BCUT2D eigenvalue weighted by Crippen LogP contribution is -2.61. The third-order valence-electron chi connectivity index (χ3n) is 10.6. The van der Waals surface area contributed by atoms with Crippen molar-refractivity contribution in [2.24, 2.45) is 17.6 Å². The number of carbonyl (C=O) groups excluding carboxylic acids is 7. The lowest BCUT2D eigenvalue weighted by atomic mass is 9.98. The lowest BCUT2D eigenvalue weighted by molar-refractivity contribution is -0.143. The van der Waals surface area contributed by atoms with E-state index in [-0.39, 0.29) is 31.6 Å². The number of carbonyl (C=O) groups is 11. The van der Waals surface area contributed by atoms with E-state index < -0.39 is 145 Å². The van der Waals surface area contributed by atoms with Crippen LogP contribution in [0.25, 0.3) is 0 Å². The molecule has 15 N–H and O–H groups in total. The molecule has 0 aliphatic rings. The normalized spacial score (nSPS) is 14.5. The molecule has 24 heteroatoms. The number of anilines is 1. The number of nitrogens with one attached hydrogen (secondary N) is 7. The number of aliphatic carboxylic acids is 4. The fraction of sp³-hybridized carbons (Fsp3) is 0.500. The molecule has 0 heterocycles. The lowest BCUT2D eigenvalue weighted by Gasteiger charge is -2.28. The van der Waals surface area contributed by atoms with E-state index in [2.05, 4.69) is 37.2 Å². The zero-order chi connectivity index (χ0) is 52.8. The molecule has 7 amide bonds. The number of carboxylic acids is 4. The monoisotopic (exact) mass is 983 g/mol. The maximum absolute atomic E-state index is 14.1. The molecular weight excluding hydrogens is 919 g/mol. The zero-order valence-electron chi connectivity index (χ0n) is 39.6. The summed E-state index contributed by atoms with van der Waals surface area (Å²) in [5.74, 6) is -13.2. The van der Waals surface area contributed by atoms with Crippen molar-refractivity contribution in [2.75, 3.05) is 5.73 Å². The number of amides is 7. The van der Waals surface area contributed by atoms with Crippen LogP contribution in [-0.4, -0.2) is 134 Å². The van der Waals surface area contributed by atoms with Crippen molar-refractivity contribution in [1.29, 1.82) is 0 Å². The molecule has 0 aliphatic heterocycles. The van der Waals surface area contributed by atoms with Crippen molar-refractivity contribution in [3.63, 3.8) is 0 Å². The summed E-state index contributed by atoms with van der Waals surface area (Å²) in [6, 6.07) is 2.46. The molecule has 24 nitrogen and oxygen atoms in total. The van der Waals surface area contributed by atoms with E-state index in [4.69, 9.17) is 16.6 Å². The molecule has 2 aromatic carbocycles. The average molecular weight is 984 g/mol. The highest BCUT2D eigenvalue weighted by Crippen LogP contribution is 2.13. The van der Waals surface area contributed by atoms with Crippen molar-refractivity contribution in [3.8, 4) is 0 Å². The molecule has 0 saturated heterocycles. The first-order valence-corrected chi connectivity index (χ1v) is 22.4. The molecular formula is C46H65N9O15. The molecule has 0 aromatic heterocycles. The second-order valence-corrected chi connectivity index (χ2v) is 17.4. The Morgan fingerprint density at radius 3 is 1.50 bits per heavy atom. The Hall–Kier alpha value is -7.63. The smallest absolute Gasteiger partial charge is 0.326 e. The van der Waals surface area contributed by atoms with Gasteiger partial charge in [-0.15, -0.1) is 0 Å². The average Bonchev–Trinajstić information content (AvgIpc) is 3.27. The van der Waals surface area contributed by atoms with Gasteiger partial charge >= 0.3 is 23.9 Å². The number of hydrogen-bond donors (Lipinski definition) is 13. The molecule has 0 radical (unpaired) electrons. The van der Waals surface area contributed by atoms with E-state index in [0.717, 1.165) is 6.92 Å². The Morgan fingerprint density at radius 2 is 0.957 bits per heavy atom. The van der Waals surface area contributed by atoms with Crippen LogP contribution in [0.5, 0.6) is 0 Å². The zero-order valence-corrected chi connectivity index (χ0v) is 39.6. The Bertz CT molecular complexity index is 2170. The predicted octanol–water partition coefficient (Wildman–Crippen LogP) is -1.21. The van der Waals surface area contributed by atoms with Gasteiger partial charge in [0.25, 0.3) is 0 Å². The van der Waals surface area contributed by atoms with Crippen molar-refractivity contribution < 1.29 is 73.2 Å². The third kappa shape index (κ3) is 21.1. The van der Waals surface area contributed by atoms with Gasteiger partial charge in [-0.1, -0.05) is 70.2 Å². The van der Waals surface area contributed by atoms with Crippen molar-refractivity contribution in [1.82, 2.24) is 37.2 Å². The quantitative estimate of drug-likeness (QED) is 0.0408. The van der Waals surface area contributed by atoms with Crippen molar-refractivity contribution >= 4 is 70.9 Å². The van der Waals surface area contributed by atoms with Gasteiger partial charge < -0.3 is 69.1 Å². The summed E-state index contributed by atoms with van der Waals surface area (Å²) >= 11 is 0. The molecule has 0 unspecified atom stereocenters. The number of benzene rings is 2. The van der Waals surface area contributed by atoms with Crippen LogP contribution in [0.4, 0.5) is 5.69 Å². The van der Waals surface area contributed by atoms with Crippen LogP contribution in [0.3, 0.4) is 0 Å². The largest absolute Gasteiger partial charge is 0.481 e. The number of hydrogen-bond acceptors (Lipinski definition) is 13. The van der Waals surface area contributed by atoms with Gasteiger partial charge in [-0.2, -0.15) is 0 Å².